The highest BCUT2D eigenvalue weighted by Crippen LogP contribution is 2.43. The number of halogens is 2. The van der Waals surface area contributed by atoms with Crippen LogP contribution < -0.4 is 15.4 Å². The van der Waals surface area contributed by atoms with Gasteiger partial charge in [0.05, 0.1) is 22.6 Å². The first-order valence-corrected chi connectivity index (χ1v) is 13.1. The van der Waals surface area contributed by atoms with Crippen LogP contribution >= 0.6 is 22.9 Å². The molecule has 192 valence electrons. The van der Waals surface area contributed by atoms with Crippen molar-refractivity contribution in [3.63, 3.8) is 0 Å². The number of hydrogen-bond donors (Lipinski definition) is 2. The number of hydrogen-bond acceptors (Lipinski definition) is 5. The molecule has 0 atom stereocenters. The SMILES string of the molecule is CNC(=O)c1c(-c2ccc(F)cc2)nc2sc(-c3cc(C(=O)NC4(C(C)C)CC4)c(OC)cc3Cl)cn12. The molecule has 10 heteroatoms. The Kier molecular flexibility index (Phi) is 6.45. The fourth-order valence-corrected chi connectivity index (χ4v) is 5.80. The molecule has 1 aliphatic carbocycles. The summed E-state index contributed by atoms with van der Waals surface area (Å²) in [5.74, 6) is -0.217. The van der Waals surface area contributed by atoms with Gasteiger partial charge in [0.25, 0.3) is 11.8 Å². The van der Waals surface area contributed by atoms with Gasteiger partial charge < -0.3 is 15.4 Å². The molecule has 1 saturated carbocycles. The van der Waals surface area contributed by atoms with E-state index in [9.17, 15) is 14.0 Å². The van der Waals surface area contributed by atoms with Crippen LogP contribution in [0.5, 0.6) is 5.75 Å². The molecule has 0 saturated heterocycles. The zero-order chi connectivity index (χ0) is 26.5. The summed E-state index contributed by atoms with van der Waals surface area (Å²) in [5.41, 5.74) is 2.22. The fourth-order valence-electron chi connectivity index (χ4n) is 4.48. The lowest BCUT2D eigenvalue weighted by atomic mass is 10.0. The largest absolute Gasteiger partial charge is 0.496 e. The maximum Gasteiger partial charge on any atom is 0.270 e. The van der Waals surface area contributed by atoms with Crippen molar-refractivity contribution in [1.29, 1.82) is 0 Å². The monoisotopic (exact) mass is 540 g/mol. The van der Waals surface area contributed by atoms with Crippen molar-refractivity contribution in [2.75, 3.05) is 14.2 Å². The molecule has 2 heterocycles. The highest BCUT2D eigenvalue weighted by molar-refractivity contribution is 7.20. The summed E-state index contributed by atoms with van der Waals surface area (Å²) < 4.78 is 20.6. The number of thiazole rings is 1. The second-order valence-corrected chi connectivity index (χ2v) is 10.9. The molecular formula is C27H26ClFN4O3S. The number of amides is 2. The number of methoxy groups -OCH3 is 1. The maximum absolute atomic E-state index is 13.5. The molecule has 7 nitrogen and oxygen atoms in total. The van der Waals surface area contributed by atoms with E-state index in [1.165, 1.54) is 30.6 Å². The number of benzene rings is 2. The van der Waals surface area contributed by atoms with E-state index < -0.39 is 0 Å². The third-order valence-electron chi connectivity index (χ3n) is 6.94. The Hall–Kier alpha value is -3.43. The zero-order valence-corrected chi connectivity index (χ0v) is 22.4. The number of aromatic nitrogens is 2. The van der Waals surface area contributed by atoms with Crippen LogP contribution in [0.2, 0.25) is 5.02 Å². The van der Waals surface area contributed by atoms with Crippen molar-refractivity contribution >= 4 is 39.7 Å². The van der Waals surface area contributed by atoms with Crippen molar-refractivity contribution in [3.8, 4) is 27.4 Å². The molecule has 1 aliphatic rings. The Morgan fingerprint density at radius 3 is 2.49 bits per heavy atom. The van der Waals surface area contributed by atoms with Crippen LogP contribution in [0.25, 0.3) is 26.7 Å². The van der Waals surface area contributed by atoms with E-state index in [1.54, 1.807) is 41.9 Å². The van der Waals surface area contributed by atoms with E-state index in [0.29, 0.717) is 49.7 Å². The van der Waals surface area contributed by atoms with Crippen LogP contribution in [-0.4, -0.2) is 40.9 Å². The van der Waals surface area contributed by atoms with Gasteiger partial charge in [-0.2, -0.15) is 0 Å². The number of imidazole rings is 1. The number of ether oxygens (including phenoxy) is 1. The topological polar surface area (TPSA) is 84.7 Å². The van der Waals surface area contributed by atoms with Crippen molar-refractivity contribution in [2.45, 2.75) is 32.2 Å². The standard InChI is InChI=1S/C27H26ClFN4O3S/c1-14(2)27(9-10-27)32-24(34)18-11-17(19(28)12-20(18)36-4)21-13-33-23(25(35)30-3)22(31-26(33)37-21)15-5-7-16(29)8-6-15/h5-8,11-14H,9-10H2,1-4H3,(H,30,35)(H,32,34). The smallest absolute Gasteiger partial charge is 0.270 e. The highest BCUT2D eigenvalue weighted by atomic mass is 35.5. The lowest BCUT2D eigenvalue weighted by Crippen LogP contribution is -2.40. The molecule has 37 heavy (non-hydrogen) atoms. The second kappa shape index (κ2) is 9.46. The third kappa shape index (κ3) is 4.46. The second-order valence-electron chi connectivity index (χ2n) is 9.44. The quantitative estimate of drug-likeness (QED) is 0.310. The van der Waals surface area contributed by atoms with Gasteiger partial charge in [-0.05, 0) is 49.1 Å². The zero-order valence-electron chi connectivity index (χ0n) is 20.8. The summed E-state index contributed by atoms with van der Waals surface area (Å²) in [6.45, 7) is 4.20. The van der Waals surface area contributed by atoms with Crippen LogP contribution in [0, 0.1) is 11.7 Å². The summed E-state index contributed by atoms with van der Waals surface area (Å²) >= 11 is 7.96. The molecule has 4 aromatic rings. The molecule has 0 bridgehead atoms. The molecular weight excluding hydrogens is 515 g/mol. The van der Waals surface area contributed by atoms with Crippen LogP contribution in [0.3, 0.4) is 0 Å². The Labute approximate surface area is 222 Å². The Bertz CT molecular complexity index is 1520. The minimum atomic E-state index is -0.372. The van der Waals surface area contributed by atoms with Crippen LogP contribution in [0.1, 0.15) is 47.5 Å². The summed E-state index contributed by atoms with van der Waals surface area (Å²) in [7, 11) is 3.04. The van der Waals surface area contributed by atoms with Crippen molar-refractivity contribution in [3.05, 3.63) is 64.7 Å². The average molecular weight is 541 g/mol. The van der Waals surface area contributed by atoms with Gasteiger partial charge in [0.2, 0.25) is 0 Å². The van der Waals surface area contributed by atoms with E-state index in [0.717, 1.165) is 17.7 Å². The average Bonchev–Trinajstić information content (AvgIpc) is 3.42. The van der Waals surface area contributed by atoms with Crippen LogP contribution in [0.4, 0.5) is 4.39 Å². The van der Waals surface area contributed by atoms with Gasteiger partial charge in [0.1, 0.15) is 23.0 Å². The molecule has 0 aliphatic heterocycles. The number of nitrogens with zero attached hydrogens (tertiary/aromatic N) is 2. The number of carbonyl (C=O) groups is 2. The minimum absolute atomic E-state index is 0.190. The van der Waals surface area contributed by atoms with E-state index in [2.05, 4.69) is 29.5 Å². The van der Waals surface area contributed by atoms with Gasteiger partial charge in [0, 0.05) is 36.0 Å². The van der Waals surface area contributed by atoms with Gasteiger partial charge >= 0.3 is 0 Å². The predicted molar refractivity (Wildman–Crippen MR) is 143 cm³/mol. The third-order valence-corrected chi connectivity index (χ3v) is 8.27. The molecule has 2 aromatic heterocycles. The molecule has 0 unspecified atom stereocenters. The van der Waals surface area contributed by atoms with E-state index in [1.807, 2.05) is 0 Å². The van der Waals surface area contributed by atoms with Gasteiger partial charge in [-0.25, -0.2) is 9.37 Å². The molecule has 0 radical (unpaired) electrons. The first kappa shape index (κ1) is 25.2. The Morgan fingerprint density at radius 2 is 1.89 bits per heavy atom. The van der Waals surface area contributed by atoms with Gasteiger partial charge in [-0.3, -0.25) is 14.0 Å². The lowest BCUT2D eigenvalue weighted by molar-refractivity contribution is 0.0913. The lowest BCUT2D eigenvalue weighted by Gasteiger charge is -2.22. The fraction of sp³-hybridized carbons (Fsp3) is 0.296. The predicted octanol–water partition coefficient (Wildman–Crippen LogP) is 5.81. The molecule has 1 fully saturated rings. The van der Waals surface area contributed by atoms with Gasteiger partial charge in [-0.1, -0.05) is 36.8 Å². The summed E-state index contributed by atoms with van der Waals surface area (Å²) in [6, 6.07) is 9.19. The van der Waals surface area contributed by atoms with Gasteiger partial charge in [0.15, 0.2) is 4.96 Å². The molecule has 2 amide bonds. The number of carbonyl (C=O) groups excluding carboxylic acids is 2. The Balaban J connectivity index is 1.59. The van der Waals surface area contributed by atoms with Crippen molar-refractivity contribution < 1.29 is 18.7 Å². The molecule has 0 spiro atoms. The van der Waals surface area contributed by atoms with E-state index in [4.69, 9.17) is 16.3 Å². The molecule has 2 N–H and O–H groups in total. The first-order chi connectivity index (χ1) is 17.7. The highest BCUT2D eigenvalue weighted by Gasteiger charge is 2.47. The summed E-state index contributed by atoms with van der Waals surface area (Å²) in [5, 5.41) is 6.24. The number of nitrogens with one attached hydrogen (secondary N) is 2. The van der Waals surface area contributed by atoms with E-state index in [-0.39, 0.29) is 23.2 Å². The summed E-state index contributed by atoms with van der Waals surface area (Å²) in [4.78, 5) is 32.1. The molecule has 2 aromatic carbocycles. The summed E-state index contributed by atoms with van der Waals surface area (Å²) in [6.07, 6.45) is 3.66. The minimum Gasteiger partial charge on any atom is -0.496 e. The number of rotatable bonds is 7. The molecule has 5 rings (SSSR count). The van der Waals surface area contributed by atoms with Gasteiger partial charge in [-0.15, -0.1) is 0 Å². The maximum atomic E-state index is 13.5. The van der Waals surface area contributed by atoms with Crippen LogP contribution in [0.15, 0.2) is 42.6 Å². The van der Waals surface area contributed by atoms with Crippen LogP contribution in [-0.2, 0) is 0 Å². The number of fused-ring (bicyclic) bond motifs is 1. The van der Waals surface area contributed by atoms with Crippen molar-refractivity contribution in [2.24, 2.45) is 5.92 Å². The Morgan fingerprint density at radius 1 is 1.19 bits per heavy atom. The van der Waals surface area contributed by atoms with Crippen molar-refractivity contribution in [1.82, 2.24) is 20.0 Å². The first-order valence-electron chi connectivity index (χ1n) is 11.9. The normalized spacial score (nSPS) is 14.1. The van der Waals surface area contributed by atoms with E-state index >= 15 is 0 Å².